The first-order valence-electron chi connectivity index (χ1n) is 5.76. The highest BCUT2D eigenvalue weighted by molar-refractivity contribution is 5.69. The molecule has 2 aromatic rings. The van der Waals surface area contributed by atoms with E-state index < -0.39 is 0 Å². The van der Waals surface area contributed by atoms with E-state index in [9.17, 15) is 0 Å². The molecule has 78 valence electrons. The summed E-state index contributed by atoms with van der Waals surface area (Å²) in [5.41, 5.74) is 5.69. The lowest BCUT2D eigenvalue weighted by atomic mass is 9.89. The first-order chi connectivity index (χ1) is 7.95. The van der Waals surface area contributed by atoms with Crippen LogP contribution in [0, 0.1) is 0 Å². The van der Waals surface area contributed by atoms with Gasteiger partial charge in [0.25, 0.3) is 0 Å². The molecule has 1 aliphatic rings. The van der Waals surface area contributed by atoms with E-state index in [2.05, 4.69) is 60.7 Å². The minimum atomic E-state index is 1.07. The monoisotopic (exact) mass is 206 g/mol. The van der Waals surface area contributed by atoms with Gasteiger partial charge in [-0.2, -0.15) is 0 Å². The molecule has 0 unspecified atom stereocenters. The Balaban J connectivity index is 2.16. The number of rotatable bonds is 1. The molecule has 0 heteroatoms. The lowest BCUT2D eigenvalue weighted by Crippen LogP contribution is -1.99. The molecule has 0 aliphatic heterocycles. The van der Waals surface area contributed by atoms with Gasteiger partial charge in [0.2, 0.25) is 0 Å². The normalized spacial score (nSPS) is 13.5. The van der Waals surface area contributed by atoms with Crippen LogP contribution in [0.3, 0.4) is 0 Å². The molecule has 0 saturated heterocycles. The molecule has 0 saturated carbocycles. The Morgan fingerprint density at radius 3 is 2.38 bits per heavy atom. The minimum Gasteiger partial charge on any atom is -0.0838 e. The van der Waals surface area contributed by atoms with Crippen LogP contribution in [0.2, 0.25) is 0 Å². The van der Waals surface area contributed by atoms with Crippen molar-refractivity contribution in [2.24, 2.45) is 0 Å². The van der Waals surface area contributed by atoms with Gasteiger partial charge < -0.3 is 0 Å². The molecular weight excluding hydrogens is 192 g/mol. The molecular formula is C16H14. The maximum Gasteiger partial charge on any atom is -0.00883 e. The number of fused-ring (bicyclic) bond motifs is 1. The van der Waals surface area contributed by atoms with Gasteiger partial charge in [-0.3, -0.25) is 0 Å². The molecule has 0 aromatic heterocycles. The molecule has 3 rings (SSSR count). The summed E-state index contributed by atoms with van der Waals surface area (Å²) in [6.07, 6.45) is 6.68. The van der Waals surface area contributed by atoms with Crippen LogP contribution in [0.4, 0.5) is 0 Å². The molecule has 0 fully saturated rings. The Morgan fingerprint density at radius 2 is 1.50 bits per heavy atom. The van der Waals surface area contributed by atoms with Gasteiger partial charge in [-0.25, -0.2) is 0 Å². The van der Waals surface area contributed by atoms with Gasteiger partial charge in [-0.15, -0.1) is 0 Å². The standard InChI is InChI=1S/C16H14/c1-2-7-13(8-3-1)16-12-6-10-14-9-4-5-11-15(14)16/h1-8,10,12H,9,11H2. The minimum absolute atomic E-state index is 1.07. The topological polar surface area (TPSA) is 0 Å². The van der Waals surface area contributed by atoms with E-state index in [0.29, 0.717) is 0 Å². The predicted molar refractivity (Wildman–Crippen MR) is 68.4 cm³/mol. The van der Waals surface area contributed by atoms with Gasteiger partial charge >= 0.3 is 0 Å². The summed E-state index contributed by atoms with van der Waals surface area (Å²) in [4.78, 5) is 0. The highest BCUT2D eigenvalue weighted by atomic mass is 14.1. The van der Waals surface area contributed by atoms with E-state index in [-0.39, 0.29) is 0 Å². The maximum atomic E-state index is 2.27. The molecule has 0 radical (unpaired) electrons. The average Bonchev–Trinajstić information content (AvgIpc) is 2.39. The molecule has 0 nitrogen and oxygen atoms in total. The van der Waals surface area contributed by atoms with Gasteiger partial charge in [0.15, 0.2) is 0 Å². The quantitative estimate of drug-likeness (QED) is 0.618. The van der Waals surface area contributed by atoms with Crippen LogP contribution >= 0.6 is 0 Å². The molecule has 0 spiro atoms. The van der Waals surface area contributed by atoms with Crippen LogP contribution in [0.15, 0.2) is 60.7 Å². The number of allylic oxidation sites excluding steroid dienone is 2. The maximum absolute atomic E-state index is 2.27. The Kier molecular flexibility index (Phi) is 2.34. The fraction of sp³-hybridized carbons (Fsp3) is 0.125. The Labute approximate surface area is 96.3 Å². The van der Waals surface area contributed by atoms with Crippen molar-refractivity contribution >= 4 is 0 Å². The summed E-state index contributed by atoms with van der Waals surface area (Å²) in [5.74, 6) is 0. The smallest absolute Gasteiger partial charge is 0.00883 e. The molecule has 0 N–H and O–H groups in total. The van der Waals surface area contributed by atoms with Crippen molar-refractivity contribution in [3.63, 3.8) is 0 Å². The zero-order chi connectivity index (χ0) is 10.8. The Hall–Kier alpha value is -1.82. The summed E-state index contributed by atoms with van der Waals surface area (Å²) in [6, 6.07) is 17.3. The summed E-state index contributed by atoms with van der Waals surface area (Å²) in [6.45, 7) is 0. The summed E-state index contributed by atoms with van der Waals surface area (Å²) >= 11 is 0. The van der Waals surface area contributed by atoms with Crippen LogP contribution in [0.5, 0.6) is 0 Å². The molecule has 0 atom stereocenters. The summed E-state index contributed by atoms with van der Waals surface area (Å²) < 4.78 is 0. The van der Waals surface area contributed by atoms with Crippen molar-refractivity contribution in [2.75, 3.05) is 0 Å². The molecule has 1 aliphatic carbocycles. The Morgan fingerprint density at radius 1 is 0.688 bits per heavy atom. The number of hydrogen-bond donors (Lipinski definition) is 0. The summed E-state index contributed by atoms with van der Waals surface area (Å²) in [5, 5.41) is 0. The van der Waals surface area contributed by atoms with Crippen molar-refractivity contribution in [3.05, 3.63) is 71.8 Å². The molecule has 2 aromatic carbocycles. The fourth-order valence-corrected chi connectivity index (χ4v) is 2.37. The predicted octanol–water partition coefficient (Wildman–Crippen LogP) is 4.01. The molecule has 0 heterocycles. The molecule has 16 heavy (non-hydrogen) atoms. The van der Waals surface area contributed by atoms with E-state index >= 15 is 0 Å². The third-order valence-electron chi connectivity index (χ3n) is 3.18. The molecule has 0 amide bonds. The van der Waals surface area contributed by atoms with Gasteiger partial charge in [0.1, 0.15) is 0 Å². The zero-order valence-corrected chi connectivity index (χ0v) is 9.19. The zero-order valence-electron chi connectivity index (χ0n) is 9.19. The second-order valence-electron chi connectivity index (χ2n) is 4.19. The fourth-order valence-electron chi connectivity index (χ4n) is 2.37. The highest BCUT2D eigenvalue weighted by Gasteiger charge is 2.10. The summed E-state index contributed by atoms with van der Waals surface area (Å²) in [7, 11) is 0. The Bertz CT molecular complexity index is 521. The van der Waals surface area contributed by atoms with Crippen LogP contribution in [-0.2, 0) is 12.8 Å². The van der Waals surface area contributed by atoms with Crippen LogP contribution in [-0.4, -0.2) is 0 Å². The van der Waals surface area contributed by atoms with Crippen molar-refractivity contribution in [1.29, 1.82) is 0 Å². The SMILES string of the molecule is C1=CCc2c(cccc2-c2ccccc2)C1. The van der Waals surface area contributed by atoms with Crippen molar-refractivity contribution in [3.8, 4) is 11.1 Å². The number of hydrogen-bond acceptors (Lipinski definition) is 0. The van der Waals surface area contributed by atoms with Crippen LogP contribution < -0.4 is 0 Å². The van der Waals surface area contributed by atoms with E-state index in [1.54, 1.807) is 0 Å². The average molecular weight is 206 g/mol. The second-order valence-corrected chi connectivity index (χ2v) is 4.19. The van der Waals surface area contributed by atoms with Gasteiger partial charge in [0, 0.05) is 0 Å². The lowest BCUT2D eigenvalue weighted by molar-refractivity contribution is 1.09. The first kappa shape index (κ1) is 9.41. The van der Waals surface area contributed by atoms with Crippen LogP contribution in [0.1, 0.15) is 11.1 Å². The van der Waals surface area contributed by atoms with E-state index in [4.69, 9.17) is 0 Å². The van der Waals surface area contributed by atoms with E-state index in [0.717, 1.165) is 12.8 Å². The van der Waals surface area contributed by atoms with Crippen molar-refractivity contribution < 1.29 is 0 Å². The highest BCUT2D eigenvalue weighted by Crippen LogP contribution is 2.29. The third kappa shape index (κ3) is 1.57. The second kappa shape index (κ2) is 3.97. The third-order valence-corrected chi connectivity index (χ3v) is 3.18. The van der Waals surface area contributed by atoms with E-state index in [1.807, 2.05) is 0 Å². The van der Waals surface area contributed by atoms with E-state index in [1.165, 1.54) is 22.3 Å². The number of benzene rings is 2. The van der Waals surface area contributed by atoms with Gasteiger partial charge in [0.05, 0.1) is 0 Å². The lowest BCUT2D eigenvalue weighted by Gasteiger charge is -2.15. The molecule has 0 bridgehead atoms. The van der Waals surface area contributed by atoms with Crippen LogP contribution in [0.25, 0.3) is 11.1 Å². The van der Waals surface area contributed by atoms with Crippen molar-refractivity contribution in [2.45, 2.75) is 12.8 Å². The first-order valence-corrected chi connectivity index (χ1v) is 5.76. The van der Waals surface area contributed by atoms with Crippen molar-refractivity contribution in [1.82, 2.24) is 0 Å². The largest absolute Gasteiger partial charge is 0.0838 e. The van der Waals surface area contributed by atoms with Gasteiger partial charge in [-0.05, 0) is 35.1 Å². The van der Waals surface area contributed by atoms with Gasteiger partial charge in [-0.1, -0.05) is 60.7 Å².